The van der Waals surface area contributed by atoms with Gasteiger partial charge in [-0.2, -0.15) is 0 Å². The third-order valence-electron chi connectivity index (χ3n) is 14.2. The molecule has 0 radical (unpaired) electrons. The van der Waals surface area contributed by atoms with Crippen LogP contribution in [0.2, 0.25) is 0 Å². The zero-order valence-electron chi connectivity index (χ0n) is 36.9. The molecule has 0 amide bonds. The van der Waals surface area contributed by atoms with Gasteiger partial charge in [0.15, 0.2) is 23.0 Å². The van der Waals surface area contributed by atoms with Crippen molar-refractivity contribution < 1.29 is 18.9 Å². The fourth-order valence-electron chi connectivity index (χ4n) is 11.2. The number of thiophene rings is 2. The SMILES string of the molecule is Cc1cc2c3c(c1)N(c1ccc4c(c1)OCCO4)c1cc4c(cc1B3c1ccc(-c3ccc5c(c3)sc3ccccc35)cc1N2c1cccc(-c2ccc3c(c2)sc2ccccc23)c1)OCCO4. The molecule has 4 aliphatic heterocycles. The summed E-state index contributed by atoms with van der Waals surface area (Å²) in [6.07, 6.45) is 0. The van der Waals surface area contributed by atoms with Crippen molar-refractivity contribution in [1.29, 1.82) is 0 Å². The van der Waals surface area contributed by atoms with Crippen molar-refractivity contribution in [3.05, 3.63) is 175 Å². The van der Waals surface area contributed by atoms with Crippen LogP contribution in [0.5, 0.6) is 23.0 Å². The Balaban J connectivity index is 0.969. The van der Waals surface area contributed by atoms with Crippen molar-refractivity contribution in [2.24, 2.45) is 0 Å². The number of benzene rings is 9. The van der Waals surface area contributed by atoms with E-state index in [1.807, 2.05) is 28.7 Å². The van der Waals surface area contributed by atoms with Crippen molar-refractivity contribution >= 4 is 120 Å². The maximum absolute atomic E-state index is 6.38. The van der Waals surface area contributed by atoms with Gasteiger partial charge in [-0.05, 0) is 124 Å². The normalized spacial score (nSPS) is 14.4. The number of anilines is 6. The van der Waals surface area contributed by atoms with Gasteiger partial charge in [0.25, 0.3) is 6.71 Å². The van der Waals surface area contributed by atoms with Crippen LogP contribution in [0.1, 0.15) is 5.56 Å². The van der Waals surface area contributed by atoms with Gasteiger partial charge < -0.3 is 28.7 Å². The van der Waals surface area contributed by atoms with Gasteiger partial charge in [-0.1, -0.05) is 84.9 Å². The van der Waals surface area contributed by atoms with E-state index >= 15 is 0 Å². The summed E-state index contributed by atoms with van der Waals surface area (Å²) in [6, 6.07) is 63.1. The molecule has 11 aromatic rings. The lowest BCUT2D eigenvalue weighted by Gasteiger charge is -2.45. The number of hydrogen-bond acceptors (Lipinski definition) is 8. The quantitative estimate of drug-likeness (QED) is 0.164. The van der Waals surface area contributed by atoms with E-state index in [-0.39, 0.29) is 6.71 Å². The van der Waals surface area contributed by atoms with E-state index in [0.29, 0.717) is 26.4 Å². The lowest BCUT2D eigenvalue weighted by atomic mass is 9.33. The van der Waals surface area contributed by atoms with Crippen LogP contribution in [0.3, 0.4) is 0 Å². The molecule has 0 bridgehead atoms. The van der Waals surface area contributed by atoms with Crippen LogP contribution in [-0.2, 0) is 0 Å². The van der Waals surface area contributed by atoms with E-state index in [9.17, 15) is 0 Å². The predicted molar refractivity (Wildman–Crippen MR) is 284 cm³/mol. The fraction of sp³-hybridized carbons (Fsp3) is 0.0847. The van der Waals surface area contributed by atoms with Crippen molar-refractivity contribution in [2.45, 2.75) is 6.92 Å². The van der Waals surface area contributed by atoms with Crippen LogP contribution in [0.25, 0.3) is 62.6 Å². The average molecular weight is 915 g/mol. The zero-order chi connectivity index (χ0) is 44.6. The number of hydrogen-bond donors (Lipinski definition) is 0. The zero-order valence-corrected chi connectivity index (χ0v) is 38.5. The molecule has 0 atom stereocenters. The third kappa shape index (κ3) is 5.76. The van der Waals surface area contributed by atoms with Crippen molar-refractivity contribution in [1.82, 2.24) is 0 Å². The highest BCUT2D eigenvalue weighted by atomic mass is 32.1. The second-order valence-electron chi connectivity index (χ2n) is 18.1. The average Bonchev–Trinajstić information content (AvgIpc) is 3.95. The Kier molecular flexibility index (Phi) is 8.27. The highest BCUT2D eigenvalue weighted by molar-refractivity contribution is 7.26. The van der Waals surface area contributed by atoms with Crippen LogP contribution in [-0.4, -0.2) is 33.1 Å². The van der Waals surface area contributed by atoms with Crippen LogP contribution in [0.15, 0.2) is 170 Å². The number of fused-ring (bicyclic) bond motifs is 12. The minimum Gasteiger partial charge on any atom is -0.486 e. The molecule has 6 heterocycles. The van der Waals surface area contributed by atoms with E-state index in [1.165, 1.54) is 73.5 Å². The van der Waals surface area contributed by atoms with E-state index in [2.05, 4.69) is 181 Å². The third-order valence-corrected chi connectivity index (χ3v) is 16.5. The van der Waals surface area contributed by atoms with E-state index < -0.39 is 0 Å². The Morgan fingerprint density at radius 1 is 0.382 bits per heavy atom. The van der Waals surface area contributed by atoms with Crippen molar-refractivity contribution in [2.75, 3.05) is 36.2 Å². The molecule has 0 spiro atoms. The van der Waals surface area contributed by atoms with Crippen LogP contribution < -0.4 is 45.1 Å². The first-order chi connectivity index (χ1) is 33.6. The monoisotopic (exact) mass is 914 g/mol. The summed E-state index contributed by atoms with van der Waals surface area (Å²) in [5, 5.41) is 5.22. The largest absolute Gasteiger partial charge is 0.486 e. The number of rotatable bonds is 4. The predicted octanol–water partition coefficient (Wildman–Crippen LogP) is 13.7. The summed E-state index contributed by atoms with van der Waals surface area (Å²) < 4.78 is 30.1. The van der Waals surface area contributed by atoms with E-state index in [1.54, 1.807) is 0 Å². The van der Waals surface area contributed by atoms with Gasteiger partial charge in [0.05, 0.1) is 5.69 Å². The molecule has 68 heavy (non-hydrogen) atoms. The number of aryl methyl sites for hydroxylation is 1. The van der Waals surface area contributed by atoms with E-state index in [0.717, 1.165) is 68.1 Å². The molecule has 0 N–H and O–H groups in total. The van der Waals surface area contributed by atoms with Gasteiger partial charge >= 0.3 is 0 Å². The van der Waals surface area contributed by atoms with Gasteiger partial charge in [-0.25, -0.2) is 0 Å². The summed E-state index contributed by atoms with van der Waals surface area (Å²) in [5.74, 6) is 3.03. The lowest BCUT2D eigenvalue weighted by molar-refractivity contribution is 0.171. The summed E-state index contributed by atoms with van der Waals surface area (Å²) >= 11 is 3.72. The Bertz CT molecular complexity index is 3950. The second-order valence-corrected chi connectivity index (χ2v) is 20.3. The highest BCUT2D eigenvalue weighted by Gasteiger charge is 2.44. The van der Waals surface area contributed by atoms with Crippen molar-refractivity contribution in [3.63, 3.8) is 0 Å². The molecule has 6 nitrogen and oxygen atoms in total. The van der Waals surface area contributed by atoms with Gasteiger partial charge in [0, 0.05) is 80.9 Å². The lowest BCUT2D eigenvalue weighted by Crippen LogP contribution is -2.61. The first-order valence-corrected chi connectivity index (χ1v) is 24.9. The standard InChI is InChI=1S/C59H39BN2O4S2/c1-34-25-49-59-50(26-34)62(40-16-20-51-52(31-40)64-22-21-63-51)48-33-54-53(65-23-24-66-54)32-46(48)60(59)45-19-15-36(38-14-18-44-42-10-3-5-12-56(42)68-58(44)30-38)28-47(45)61(49)39-8-6-7-35(27-39)37-13-17-43-41-9-2-4-11-55(41)67-57(43)29-37/h2-20,25-33H,21-24H2,1H3. The molecule has 4 aliphatic rings. The Labute approximate surface area is 400 Å². The molecule has 0 fully saturated rings. The molecule has 0 saturated heterocycles. The molecule has 9 aromatic carbocycles. The summed E-state index contributed by atoms with van der Waals surface area (Å²) in [6.45, 7) is 4.17. The molecule has 2 aromatic heterocycles. The molecule has 0 saturated carbocycles. The first-order valence-electron chi connectivity index (χ1n) is 23.2. The molecule has 15 rings (SSSR count). The number of ether oxygens (including phenoxy) is 4. The van der Waals surface area contributed by atoms with Gasteiger partial charge in [0.1, 0.15) is 26.4 Å². The van der Waals surface area contributed by atoms with Crippen LogP contribution in [0.4, 0.5) is 34.1 Å². The highest BCUT2D eigenvalue weighted by Crippen LogP contribution is 2.49. The summed E-state index contributed by atoms with van der Waals surface area (Å²) in [7, 11) is 0. The Morgan fingerprint density at radius 2 is 0.912 bits per heavy atom. The molecular formula is C59H39BN2O4S2. The second kappa shape index (κ2) is 14.6. The molecule has 0 aliphatic carbocycles. The van der Waals surface area contributed by atoms with Gasteiger partial charge in [-0.3, -0.25) is 0 Å². The van der Waals surface area contributed by atoms with Crippen LogP contribution in [0, 0.1) is 6.92 Å². The molecule has 9 heteroatoms. The first kappa shape index (κ1) is 38.4. The van der Waals surface area contributed by atoms with E-state index in [4.69, 9.17) is 18.9 Å². The Morgan fingerprint density at radius 3 is 1.59 bits per heavy atom. The topological polar surface area (TPSA) is 43.4 Å². The smallest absolute Gasteiger partial charge is 0.252 e. The summed E-state index contributed by atoms with van der Waals surface area (Å²) in [5.41, 5.74) is 16.1. The maximum Gasteiger partial charge on any atom is 0.252 e. The minimum atomic E-state index is -0.108. The van der Waals surface area contributed by atoms with Gasteiger partial charge in [-0.15, -0.1) is 22.7 Å². The number of nitrogens with zero attached hydrogens (tertiary/aromatic N) is 2. The van der Waals surface area contributed by atoms with Crippen molar-refractivity contribution in [3.8, 4) is 45.3 Å². The minimum absolute atomic E-state index is 0.108. The van der Waals surface area contributed by atoms with Gasteiger partial charge in [0.2, 0.25) is 0 Å². The maximum atomic E-state index is 6.38. The fourth-order valence-corrected chi connectivity index (χ4v) is 13.5. The molecule has 324 valence electrons. The summed E-state index contributed by atoms with van der Waals surface area (Å²) in [4.78, 5) is 4.91. The molecule has 0 unspecified atom stereocenters. The Hall–Kier alpha value is -7.72. The molecular weight excluding hydrogens is 876 g/mol. The van der Waals surface area contributed by atoms with Crippen LogP contribution >= 0.6 is 22.7 Å².